The molecule has 0 aromatic heterocycles. The average molecular weight is 491 g/mol. The predicted octanol–water partition coefficient (Wildman–Crippen LogP) is 3.71. The molecule has 0 bridgehead atoms. The Kier molecular flexibility index (Phi) is 6.53. The third-order valence-electron chi connectivity index (χ3n) is 6.67. The summed E-state index contributed by atoms with van der Waals surface area (Å²) >= 11 is 6.19. The lowest BCUT2D eigenvalue weighted by Gasteiger charge is -2.35. The van der Waals surface area contributed by atoms with Crippen molar-refractivity contribution >= 4 is 39.2 Å². The van der Waals surface area contributed by atoms with E-state index in [2.05, 4.69) is 0 Å². The second-order valence-electron chi connectivity index (χ2n) is 8.88. The van der Waals surface area contributed by atoms with Crippen molar-refractivity contribution in [2.45, 2.75) is 61.8 Å². The maximum atomic E-state index is 13.3. The molecule has 176 valence electrons. The van der Waals surface area contributed by atoms with Crippen LogP contribution in [0.15, 0.2) is 47.4 Å². The molecule has 9 heteroatoms. The number of sulfonamides is 1. The number of esters is 1. The number of primary sulfonamides is 1. The number of benzene rings is 2. The van der Waals surface area contributed by atoms with Gasteiger partial charge in [0.05, 0.1) is 10.3 Å². The maximum absolute atomic E-state index is 13.3. The predicted molar refractivity (Wildman–Crippen MR) is 126 cm³/mol. The van der Waals surface area contributed by atoms with Gasteiger partial charge < -0.3 is 9.64 Å². The first-order valence-corrected chi connectivity index (χ1v) is 13.0. The van der Waals surface area contributed by atoms with Gasteiger partial charge in [-0.2, -0.15) is 0 Å². The number of ether oxygens (including phenoxy) is 1. The molecule has 2 aliphatic rings. The van der Waals surface area contributed by atoms with E-state index in [1.54, 1.807) is 23.1 Å². The molecular formula is C24H27ClN2O5S. The minimum Gasteiger partial charge on any atom is -0.455 e. The van der Waals surface area contributed by atoms with E-state index in [4.69, 9.17) is 21.5 Å². The van der Waals surface area contributed by atoms with Crippen LogP contribution in [0.2, 0.25) is 5.02 Å². The van der Waals surface area contributed by atoms with Crippen LogP contribution >= 0.6 is 11.6 Å². The molecule has 2 aromatic carbocycles. The highest BCUT2D eigenvalue weighted by molar-refractivity contribution is 7.89. The SMILES string of the molecule is CC1Cc2cc(S(N)(=O)=O)ccc2N1C(=O)COC(=O)C1(c2cccc(Cl)c2)CCCCC1. The van der Waals surface area contributed by atoms with Crippen LogP contribution in [0.25, 0.3) is 0 Å². The van der Waals surface area contributed by atoms with Crippen LogP contribution in [0, 0.1) is 0 Å². The number of nitrogens with zero attached hydrogens (tertiary/aromatic N) is 1. The van der Waals surface area contributed by atoms with Gasteiger partial charge in [0.25, 0.3) is 5.91 Å². The standard InChI is InChI=1S/C24H27ClN2O5S/c1-16-12-17-13-20(33(26,30)31)8-9-21(17)27(16)22(28)15-32-23(29)24(10-3-2-4-11-24)18-6-5-7-19(25)14-18/h5-9,13-14,16H,2-4,10-12,15H2,1H3,(H2,26,30,31). The van der Waals surface area contributed by atoms with Gasteiger partial charge in [-0.05, 0) is 67.6 Å². The Labute approximate surface area is 198 Å². The van der Waals surface area contributed by atoms with Crippen molar-refractivity contribution in [3.63, 3.8) is 0 Å². The first kappa shape index (κ1) is 23.7. The lowest BCUT2D eigenvalue weighted by atomic mass is 9.69. The molecule has 1 aliphatic carbocycles. The number of halogens is 1. The quantitative estimate of drug-likeness (QED) is 0.643. The van der Waals surface area contributed by atoms with E-state index in [1.807, 2.05) is 19.1 Å². The molecule has 1 saturated carbocycles. The fourth-order valence-electron chi connectivity index (χ4n) is 5.05. The number of carbonyl (C=O) groups is 2. The molecule has 33 heavy (non-hydrogen) atoms. The highest BCUT2D eigenvalue weighted by atomic mass is 35.5. The van der Waals surface area contributed by atoms with Gasteiger partial charge in [0.15, 0.2) is 6.61 Å². The molecular weight excluding hydrogens is 464 g/mol. The second-order valence-corrected chi connectivity index (χ2v) is 10.9. The van der Waals surface area contributed by atoms with Crippen molar-refractivity contribution in [3.05, 3.63) is 58.6 Å². The van der Waals surface area contributed by atoms with E-state index in [0.29, 0.717) is 30.0 Å². The van der Waals surface area contributed by atoms with Gasteiger partial charge in [0.1, 0.15) is 0 Å². The summed E-state index contributed by atoms with van der Waals surface area (Å²) in [5, 5.41) is 5.79. The number of fused-ring (bicyclic) bond motifs is 1. The van der Waals surface area contributed by atoms with Crippen LogP contribution in [0.3, 0.4) is 0 Å². The Morgan fingerprint density at radius 3 is 2.55 bits per heavy atom. The van der Waals surface area contributed by atoms with Gasteiger partial charge in [-0.15, -0.1) is 0 Å². The topological polar surface area (TPSA) is 107 Å². The molecule has 0 saturated heterocycles. The molecule has 0 radical (unpaired) electrons. The molecule has 1 atom stereocenters. The zero-order chi connectivity index (χ0) is 23.8. The van der Waals surface area contributed by atoms with Crippen molar-refractivity contribution in [2.75, 3.05) is 11.5 Å². The minimum atomic E-state index is -3.83. The zero-order valence-corrected chi connectivity index (χ0v) is 20.0. The minimum absolute atomic E-state index is 0.00920. The summed E-state index contributed by atoms with van der Waals surface area (Å²) in [7, 11) is -3.83. The Bertz CT molecular complexity index is 1190. The fraction of sp³-hybridized carbons (Fsp3) is 0.417. The van der Waals surface area contributed by atoms with Crippen molar-refractivity contribution in [1.29, 1.82) is 0 Å². The Hall–Kier alpha value is -2.42. The van der Waals surface area contributed by atoms with Gasteiger partial charge >= 0.3 is 5.97 Å². The van der Waals surface area contributed by atoms with E-state index >= 15 is 0 Å². The smallest absolute Gasteiger partial charge is 0.317 e. The first-order valence-electron chi connectivity index (χ1n) is 11.0. The average Bonchev–Trinajstić information content (AvgIpc) is 3.12. The number of rotatable bonds is 5. The van der Waals surface area contributed by atoms with Gasteiger partial charge in [-0.25, -0.2) is 13.6 Å². The summed E-state index contributed by atoms with van der Waals surface area (Å²) in [6, 6.07) is 11.5. The summed E-state index contributed by atoms with van der Waals surface area (Å²) in [4.78, 5) is 28.0. The van der Waals surface area contributed by atoms with Crippen LogP contribution in [0.1, 0.15) is 50.2 Å². The van der Waals surface area contributed by atoms with Crippen LogP contribution in [-0.2, 0) is 36.2 Å². The van der Waals surface area contributed by atoms with E-state index in [1.165, 1.54) is 12.1 Å². The van der Waals surface area contributed by atoms with Crippen LogP contribution < -0.4 is 10.0 Å². The number of hydrogen-bond donors (Lipinski definition) is 1. The lowest BCUT2D eigenvalue weighted by Crippen LogP contribution is -2.43. The molecule has 2 aromatic rings. The zero-order valence-electron chi connectivity index (χ0n) is 18.4. The Morgan fingerprint density at radius 1 is 1.15 bits per heavy atom. The van der Waals surface area contributed by atoms with Gasteiger partial charge in [-0.3, -0.25) is 9.59 Å². The Balaban J connectivity index is 1.52. The summed E-state index contributed by atoms with van der Waals surface area (Å²) in [5.41, 5.74) is 1.35. The summed E-state index contributed by atoms with van der Waals surface area (Å²) in [6.07, 6.45) is 4.65. The van der Waals surface area contributed by atoms with Crippen LogP contribution in [0.5, 0.6) is 0 Å². The molecule has 1 amide bonds. The molecule has 1 unspecified atom stereocenters. The second kappa shape index (κ2) is 9.08. The number of hydrogen-bond acceptors (Lipinski definition) is 5. The molecule has 7 nitrogen and oxygen atoms in total. The monoisotopic (exact) mass is 490 g/mol. The maximum Gasteiger partial charge on any atom is 0.317 e. The third-order valence-corrected chi connectivity index (χ3v) is 7.81. The molecule has 4 rings (SSSR count). The van der Waals surface area contributed by atoms with Crippen molar-refractivity contribution in [3.8, 4) is 0 Å². The van der Waals surface area contributed by atoms with Gasteiger partial charge in [0, 0.05) is 16.8 Å². The molecule has 1 aliphatic heterocycles. The van der Waals surface area contributed by atoms with Crippen molar-refractivity contribution in [1.82, 2.24) is 0 Å². The normalized spacial score (nSPS) is 19.7. The van der Waals surface area contributed by atoms with E-state index in [9.17, 15) is 18.0 Å². The first-order chi connectivity index (χ1) is 15.6. The number of anilines is 1. The Morgan fingerprint density at radius 2 is 1.88 bits per heavy atom. The molecule has 0 spiro atoms. The van der Waals surface area contributed by atoms with Crippen LogP contribution in [0.4, 0.5) is 5.69 Å². The number of carbonyl (C=O) groups excluding carboxylic acids is 2. The van der Waals surface area contributed by atoms with Crippen molar-refractivity contribution < 1.29 is 22.7 Å². The van der Waals surface area contributed by atoms with Gasteiger partial charge in [-0.1, -0.05) is 43.0 Å². The van der Waals surface area contributed by atoms with E-state index in [-0.39, 0.29) is 23.5 Å². The van der Waals surface area contributed by atoms with E-state index < -0.39 is 21.4 Å². The van der Waals surface area contributed by atoms with E-state index in [0.717, 1.165) is 30.4 Å². The van der Waals surface area contributed by atoms with Gasteiger partial charge in [0.2, 0.25) is 10.0 Å². The molecule has 2 N–H and O–H groups in total. The summed E-state index contributed by atoms with van der Waals surface area (Å²) in [5.74, 6) is -0.760. The van der Waals surface area contributed by atoms with Crippen molar-refractivity contribution in [2.24, 2.45) is 5.14 Å². The summed E-state index contributed by atoms with van der Waals surface area (Å²) < 4.78 is 28.9. The number of nitrogens with two attached hydrogens (primary N) is 1. The number of amides is 1. The largest absolute Gasteiger partial charge is 0.455 e. The van der Waals surface area contributed by atoms with Crippen LogP contribution in [-0.4, -0.2) is 32.9 Å². The highest BCUT2D eigenvalue weighted by Gasteiger charge is 2.43. The lowest BCUT2D eigenvalue weighted by molar-refractivity contribution is -0.155. The fourth-order valence-corrected chi connectivity index (χ4v) is 5.81. The molecule has 1 fully saturated rings. The summed E-state index contributed by atoms with van der Waals surface area (Å²) in [6.45, 7) is 1.48. The highest BCUT2D eigenvalue weighted by Crippen LogP contribution is 2.41. The molecule has 1 heterocycles. The third kappa shape index (κ3) is 4.65.